The summed E-state index contributed by atoms with van der Waals surface area (Å²) in [6, 6.07) is 5.09. The number of aromatic hydroxyl groups is 1. The van der Waals surface area contributed by atoms with Crippen molar-refractivity contribution in [3.05, 3.63) is 29.3 Å². The molecule has 4 nitrogen and oxygen atoms in total. The van der Waals surface area contributed by atoms with Crippen molar-refractivity contribution >= 4 is 5.91 Å². The molecule has 0 saturated carbocycles. The van der Waals surface area contributed by atoms with Gasteiger partial charge in [-0.25, -0.2) is 0 Å². The Morgan fingerprint density at radius 3 is 2.78 bits per heavy atom. The first-order valence-corrected chi connectivity index (χ1v) is 6.23. The minimum Gasteiger partial charge on any atom is -0.508 e. The Morgan fingerprint density at radius 1 is 1.44 bits per heavy atom. The van der Waals surface area contributed by atoms with Gasteiger partial charge in [0.2, 0.25) is 0 Å². The van der Waals surface area contributed by atoms with E-state index in [0.29, 0.717) is 18.7 Å². The molecule has 1 heterocycles. The van der Waals surface area contributed by atoms with Gasteiger partial charge in [0.25, 0.3) is 5.91 Å². The van der Waals surface area contributed by atoms with E-state index in [4.69, 9.17) is 0 Å². The quantitative estimate of drug-likeness (QED) is 0.792. The number of amides is 1. The summed E-state index contributed by atoms with van der Waals surface area (Å²) in [6.07, 6.45) is 0. The van der Waals surface area contributed by atoms with Gasteiger partial charge < -0.3 is 15.3 Å². The molecule has 0 unspecified atom stereocenters. The van der Waals surface area contributed by atoms with Crippen LogP contribution in [-0.2, 0) is 0 Å². The van der Waals surface area contributed by atoms with Gasteiger partial charge in [-0.3, -0.25) is 4.79 Å². The summed E-state index contributed by atoms with van der Waals surface area (Å²) >= 11 is 0. The highest BCUT2D eigenvalue weighted by atomic mass is 16.3. The van der Waals surface area contributed by atoms with Crippen molar-refractivity contribution in [1.82, 2.24) is 10.2 Å². The second kappa shape index (κ2) is 4.61. The van der Waals surface area contributed by atoms with Crippen molar-refractivity contribution in [3.8, 4) is 5.75 Å². The predicted octanol–water partition coefficient (Wildman–Crippen LogP) is 1.52. The van der Waals surface area contributed by atoms with Crippen LogP contribution in [-0.4, -0.2) is 41.1 Å². The van der Waals surface area contributed by atoms with Crippen LogP contribution in [0.5, 0.6) is 5.75 Å². The monoisotopic (exact) mass is 248 g/mol. The fraction of sp³-hybridized carbons (Fsp3) is 0.500. The number of piperazine rings is 1. The molecule has 4 heteroatoms. The zero-order valence-electron chi connectivity index (χ0n) is 11.2. The number of carbonyl (C=O) groups is 1. The molecule has 0 bridgehead atoms. The number of aryl methyl sites for hydroxylation is 1. The Balaban J connectivity index is 2.18. The minimum atomic E-state index is -0.0549. The molecule has 1 aromatic rings. The SMILES string of the molecule is Cc1ccc(C(=O)N2CCNC(C)(C)C2)cc1O. The van der Waals surface area contributed by atoms with Gasteiger partial charge in [-0.2, -0.15) is 0 Å². The van der Waals surface area contributed by atoms with E-state index >= 15 is 0 Å². The van der Waals surface area contributed by atoms with Crippen LogP contribution >= 0.6 is 0 Å². The molecule has 0 aromatic heterocycles. The lowest BCUT2D eigenvalue weighted by atomic mass is 10.0. The maximum absolute atomic E-state index is 12.3. The van der Waals surface area contributed by atoms with Crippen LogP contribution in [0.1, 0.15) is 29.8 Å². The van der Waals surface area contributed by atoms with E-state index in [1.165, 1.54) is 0 Å². The fourth-order valence-electron chi connectivity index (χ4n) is 2.24. The second-order valence-electron chi connectivity index (χ2n) is 5.54. The third-order valence-corrected chi connectivity index (χ3v) is 3.31. The van der Waals surface area contributed by atoms with E-state index < -0.39 is 0 Å². The second-order valence-corrected chi connectivity index (χ2v) is 5.54. The highest BCUT2D eigenvalue weighted by Crippen LogP contribution is 2.20. The molecule has 0 radical (unpaired) electrons. The maximum Gasteiger partial charge on any atom is 0.254 e. The molecule has 98 valence electrons. The lowest BCUT2D eigenvalue weighted by molar-refractivity contribution is 0.0652. The first kappa shape index (κ1) is 12.9. The average molecular weight is 248 g/mol. The number of hydrogen-bond donors (Lipinski definition) is 2. The summed E-state index contributed by atoms with van der Waals surface area (Å²) in [7, 11) is 0. The van der Waals surface area contributed by atoms with Gasteiger partial charge in [-0.15, -0.1) is 0 Å². The van der Waals surface area contributed by atoms with Crippen molar-refractivity contribution in [3.63, 3.8) is 0 Å². The zero-order chi connectivity index (χ0) is 13.3. The predicted molar refractivity (Wildman–Crippen MR) is 70.8 cm³/mol. The lowest BCUT2D eigenvalue weighted by Crippen LogP contribution is -2.58. The number of carbonyl (C=O) groups excluding carboxylic acids is 1. The third kappa shape index (κ3) is 2.64. The van der Waals surface area contributed by atoms with Crippen molar-refractivity contribution < 1.29 is 9.90 Å². The number of nitrogens with one attached hydrogen (secondary N) is 1. The van der Waals surface area contributed by atoms with Crippen LogP contribution in [0.2, 0.25) is 0 Å². The fourth-order valence-corrected chi connectivity index (χ4v) is 2.24. The Kier molecular flexibility index (Phi) is 3.30. The molecule has 1 amide bonds. The van der Waals surface area contributed by atoms with E-state index in [2.05, 4.69) is 19.2 Å². The van der Waals surface area contributed by atoms with Gasteiger partial charge in [-0.05, 0) is 38.5 Å². The lowest BCUT2D eigenvalue weighted by Gasteiger charge is -2.39. The van der Waals surface area contributed by atoms with Gasteiger partial charge >= 0.3 is 0 Å². The van der Waals surface area contributed by atoms with Gasteiger partial charge in [0, 0.05) is 30.7 Å². The number of nitrogens with zero attached hydrogens (tertiary/aromatic N) is 1. The summed E-state index contributed by atoms with van der Waals surface area (Å²) in [5.41, 5.74) is 1.28. The summed E-state index contributed by atoms with van der Waals surface area (Å²) in [5.74, 6) is 0.162. The highest BCUT2D eigenvalue weighted by molar-refractivity contribution is 5.94. The summed E-state index contributed by atoms with van der Waals surface area (Å²) in [6.45, 7) is 8.17. The van der Waals surface area contributed by atoms with Crippen molar-refractivity contribution in [1.29, 1.82) is 0 Å². The van der Waals surface area contributed by atoms with Gasteiger partial charge in [-0.1, -0.05) is 6.07 Å². The minimum absolute atomic E-state index is 0.0140. The summed E-state index contributed by atoms with van der Waals surface area (Å²) in [5, 5.41) is 13.0. The molecule has 0 spiro atoms. The number of rotatable bonds is 1. The van der Waals surface area contributed by atoms with E-state index in [1.807, 2.05) is 11.8 Å². The largest absolute Gasteiger partial charge is 0.508 e. The number of hydrogen-bond acceptors (Lipinski definition) is 3. The Hall–Kier alpha value is -1.55. The van der Waals surface area contributed by atoms with E-state index in [9.17, 15) is 9.90 Å². The standard InChI is InChI=1S/C14H20N2O2/c1-10-4-5-11(8-12(10)17)13(18)16-7-6-15-14(2,3)9-16/h4-5,8,15,17H,6-7,9H2,1-3H3. The van der Waals surface area contributed by atoms with Gasteiger partial charge in [0.05, 0.1) is 0 Å². The van der Waals surface area contributed by atoms with E-state index in [-0.39, 0.29) is 17.2 Å². The Labute approximate surface area is 108 Å². The van der Waals surface area contributed by atoms with Gasteiger partial charge in [0.1, 0.15) is 5.75 Å². The third-order valence-electron chi connectivity index (χ3n) is 3.31. The molecule has 1 saturated heterocycles. The normalized spacial score (nSPS) is 18.7. The van der Waals surface area contributed by atoms with Crippen LogP contribution in [0.3, 0.4) is 0 Å². The highest BCUT2D eigenvalue weighted by Gasteiger charge is 2.29. The average Bonchev–Trinajstić information content (AvgIpc) is 2.30. The molecule has 18 heavy (non-hydrogen) atoms. The van der Waals surface area contributed by atoms with Crippen molar-refractivity contribution in [2.24, 2.45) is 0 Å². The molecule has 0 atom stereocenters. The molecule has 2 rings (SSSR count). The molecule has 1 fully saturated rings. The van der Waals surface area contributed by atoms with Crippen LogP contribution < -0.4 is 5.32 Å². The smallest absolute Gasteiger partial charge is 0.254 e. The number of phenolic OH excluding ortho intramolecular Hbond substituents is 1. The van der Waals surface area contributed by atoms with E-state index in [1.54, 1.807) is 18.2 Å². The van der Waals surface area contributed by atoms with Crippen LogP contribution in [0.25, 0.3) is 0 Å². The number of phenols is 1. The molecular formula is C14H20N2O2. The number of benzene rings is 1. The zero-order valence-corrected chi connectivity index (χ0v) is 11.2. The molecule has 0 aliphatic carbocycles. The van der Waals surface area contributed by atoms with Crippen LogP contribution in [0, 0.1) is 6.92 Å². The molecule has 1 aliphatic rings. The topological polar surface area (TPSA) is 52.6 Å². The Morgan fingerprint density at radius 2 is 2.17 bits per heavy atom. The van der Waals surface area contributed by atoms with Crippen molar-refractivity contribution in [2.45, 2.75) is 26.3 Å². The molecule has 2 N–H and O–H groups in total. The van der Waals surface area contributed by atoms with Crippen LogP contribution in [0.4, 0.5) is 0 Å². The summed E-state index contributed by atoms with van der Waals surface area (Å²) in [4.78, 5) is 14.2. The van der Waals surface area contributed by atoms with Crippen LogP contribution in [0.15, 0.2) is 18.2 Å². The maximum atomic E-state index is 12.3. The van der Waals surface area contributed by atoms with E-state index in [0.717, 1.165) is 12.1 Å². The first-order chi connectivity index (χ1) is 8.39. The van der Waals surface area contributed by atoms with Gasteiger partial charge in [0.15, 0.2) is 0 Å². The molecular weight excluding hydrogens is 228 g/mol. The van der Waals surface area contributed by atoms with Crippen molar-refractivity contribution in [2.75, 3.05) is 19.6 Å². The molecule has 1 aromatic carbocycles. The first-order valence-electron chi connectivity index (χ1n) is 6.23. The summed E-state index contributed by atoms with van der Waals surface area (Å²) < 4.78 is 0. The Bertz CT molecular complexity index is 469. The molecule has 1 aliphatic heterocycles.